The number of benzene rings is 1. The maximum atomic E-state index is 12.7. The average Bonchev–Trinajstić information content (AvgIpc) is 3.39. The molecule has 0 fully saturated rings. The van der Waals surface area contributed by atoms with E-state index in [0.29, 0.717) is 25.3 Å². The van der Waals surface area contributed by atoms with E-state index in [1.54, 1.807) is 17.1 Å². The Kier molecular flexibility index (Phi) is 6.02. The Morgan fingerprint density at radius 1 is 1.23 bits per heavy atom. The smallest absolute Gasteiger partial charge is 0.327 e. The molecule has 1 aliphatic rings. The van der Waals surface area contributed by atoms with Crippen molar-refractivity contribution in [3.63, 3.8) is 0 Å². The molecule has 8 nitrogen and oxygen atoms in total. The fourth-order valence-corrected chi connectivity index (χ4v) is 4.07. The number of rotatable bonds is 8. The minimum atomic E-state index is -0.140. The topological polar surface area (TPSA) is 88.0 Å². The summed E-state index contributed by atoms with van der Waals surface area (Å²) >= 11 is 0. The number of aryl methyl sites for hydroxylation is 1. The van der Waals surface area contributed by atoms with Crippen molar-refractivity contribution >= 4 is 11.7 Å². The van der Waals surface area contributed by atoms with E-state index in [1.807, 2.05) is 34.7 Å². The number of amides is 1. The molecule has 2 aromatic heterocycles. The van der Waals surface area contributed by atoms with Crippen LogP contribution in [-0.4, -0.2) is 43.0 Å². The van der Waals surface area contributed by atoms with Crippen molar-refractivity contribution in [2.75, 3.05) is 18.4 Å². The van der Waals surface area contributed by atoms with Crippen LogP contribution in [0, 0.1) is 0 Å². The first-order chi connectivity index (χ1) is 14.7. The molecule has 0 bridgehead atoms. The fraction of sp³-hybridized carbons (Fsp3) is 0.409. The Morgan fingerprint density at radius 3 is 2.83 bits per heavy atom. The van der Waals surface area contributed by atoms with Gasteiger partial charge in [0.2, 0.25) is 5.91 Å². The molecule has 0 spiro atoms. The minimum Gasteiger partial charge on any atom is -0.361 e. The Hall–Kier alpha value is -3.29. The molecule has 2 N–H and O–H groups in total. The van der Waals surface area contributed by atoms with Crippen molar-refractivity contribution in [3.8, 4) is 0 Å². The monoisotopic (exact) mass is 408 g/mol. The highest BCUT2D eigenvalue weighted by Gasteiger charge is 2.21. The summed E-state index contributed by atoms with van der Waals surface area (Å²) in [6, 6.07) is 8.27. The van der Waals surface area contributed by atoms with Crippen LogP contribution in [0.3, 0.4) is 0 Å². The van der Waals surface area contributed by atoms with Gasteiger partial charge in [0.05, 0.1) is 18.6 Å². The molecule has 1 aliphatic heterocycles. The first kappa shape index (κ1) is 20.0. The number of carbonyl (C=O) groups excluding carboxylic acids is 1. The van der Waals surface area contributed by atoms with Crippen LogP contribution in [0.5, 0.6) is 0 Å². The first-order valence-corrected chi connectivity index (χ1v) is 10.5. The molecule has 0 aliphatic carbocycles. The van der Waals surface area contributed by atoms with Gasteiger partial charge < -0.3 is 14.8 Å². The molecule has 3 heterocycles. The third-order valence-electron chi connectivity index (χ3n) is 5.68. The van der Waals surface area contributed by atoms with Crippen LogP contribution < -0.4 is 11.0 Å². The predicted molar refractivity (Wildman–Crippen MR) is 115 cm³/mol. The van der Waals surface area contributed by atoms with Crippen LogP contribution in [0.1, 0.15) is 30.2 Å². The first-order valence-electron chi connectivity index (χ1n) is 10.5. The molecule has 8 heteroatoms. The lowest BCUT2D eigenvalue weighted by Gasteiger charge is -2.29. The van der Waals surface area contributed by atoms with E-state index >= 15 is 0 Å². The summed E-state index contributed by atoms with van der Waals surface area (Å²) in [4.78, 5) is 34.0. The van der Waals surface area contributed by atoms with E-state index < -0.39 is 0 Å². The fourth-order valence-electron chi connectivity index (χ4n) is 4.07. The lowest BCUT2D eigenvalue weighted by molar-refractivity contribution is -0.130. The van der Waals surface area contributed by atoms with Gasteiger partial charge in [0, 0.05) is 38.6 Å². The minimum absolute atomic E-state index is 0.0419. The summed E-state index contributed by atoms with van der Waals surface area (Å²) in [5.41, 5.74) is 3.30. The van der Waals surface area contributed by atoms with Crippen molar-refractivity contribution in [1.29, 1.82) is 0 Å². The molecule has 1 amide bonds. The number of carbonyl (C=O) groups is 1. The van der Waals surface area contributed by atoms with Gasteiger partial charge >= 0.3 is 5.69 Å². The zero-order valence-corrected chi connectivity index (χ0v) is 17.3. The molecule has 158 valence electrons. The van der Waals surface area contributed by atoms with Gasteiger partial charge in [0.25, 0.3) is 0 Å². The number of hydrogen-bond acceptors (Lipinski definition) is 4. The Labute approximate surface area is 175 Å². The highest BCUT2D eigenvalue weighted by molar-refractivity contribution is 5.81. The van der Waals surface area contributed by atoms with Gasteiger partial charge in [-0.15, -0.1) is 0 Å². The van der Waals surface area contributed by atoms with Gasteiger partial charge in [-0.3, -0.25) is 14.3 Å². The number of imidazole rings is 2. The van der Waals surface area contributed by atoms with Crippen LogP contribution >= 0.6 is 0 Å². The summed E-state index contributed by atoms with van der Waals surface area (Å²) in [5, 5.41) is 3.17. The Balaban J connectivity index is 1.36. The average molecular weight is 409 g/mol. The standard InChI is InChI=1S/C22H28N6O2/c1-2-19-21(25-22(30)28(19)11-5-10-26-13-9-23-16-26)24-14-20(29)27-12-8-17-6-3-4-7-18(17)15-27/h3-4,6-7,9,13,16,24H,2,5,8,10-12,14-15H2,1H3,(H,25,30). The number of anilines is 1. The number of nitrogens with one attached hydrogen (secondary N) is 2. The maximum Gasteiger partial charge on any atom is 0.327 e. The molecule has 30 heavy (non-hydrogen) atoms. The second-order valence-corrected chi connectivity index (χ2v) is 7.60. The summed E-state index contributed by atoms with van der Waals surface area (Å²) in [5.74, 6) is 0.691. The van der Waals surface area contributed by atoms with Gasteiger partial charge in [-0.05, 0) is 30.4 Å². The van der Waals surface area contributed by atoms with E-state index in [0.717, 1.165) is 31.6 Å². The van der Waals surface area contributed by atoms with Crippen LogP contribution in [-0.2, 0) is 37.3 Å². The highest BCUT2D eigenvalue weighted by atomic mass is 16.2. The largest absolute Gasteiger partial charge is 0.361 e. The van der Waals surface area contributed by atoms with E-state index in [4.69, 9.17) is 0 Å². The van der Waals surface area contributed by atoms with Crippen LogP contribution in [0.25, 0.3) is 0 Å². The summed E-state index contributed by atoms with van der Waals surface area (Å²) in [6.07, 6.45) is 7.85. The SMILES string of the molecule is CCc1c(NCC(=O)N2CCc3ccccc3C2)[nH]c(=O)n1CCCn1ccnc1. The maximum absolute atomic E-state index is 12.7. The van der Waals surface area contributed by atoms with Crippen LogP contribution in [0.2, 0.25) is 0 Å². The predicted octanol–water partition coefficient (Wildman–Crippen LogP) is 2.02. The van der Waals surface area contributed by atoms with Crippen molar-refractivity contribution < 1.29 is 4.79 Å². The Morgan fingerprint density at radius 2 is 2.07 bits per heavy atom. The lowest BCUT2D eigenvalue weighted by Crippen LogP contribution is -2.39. The molecule has 0 atom stereocenters. The van der Waals surface area contributed by atoms with Crippen molar-refractivity contribution in [2.24, 2.45) is 0 Å². The number of hydrogen-bond donors (Lipinski definition) is 2. The summed E-state index contributed by atoms with van der Waals surface area (Å²) in [7, 11) is 0. The van der Waals surface area contributed by atoms with Crippen LogP contribution in [0.15, 0.2) is 47.8 Å². The molecule has 3 aromatic rings. The van der Waals surface area contributed by atoms with Crippen molar-refractivity contribution in [2.45, 2.75) is 45.8 Å². The second-order valence-electron chi connectivity index (χ2n) is 7.60. The number of fused-ring (bicyclic) bond motifs is 1. The Bertz CT molecular complexity index is 1050. The van der Waals surface area contributed by atoms with Gasteiger partial charge in [-0.25, -0.2) is 9.78 Å². The third kappa shape index (κ3) is 4.32. The van der Waals surface area contributed by atoms with Gasteiger partial charge in [0.15, 0.2) is 0 Å². The molecular weight excluding hydrogens is 380 g/mol. The van der Waals surface area contributed by atoms with E-state index in [9.17, 15) is 9.59 Å². The number of aromatic nitrogens is 4. The van der Waals surface area contributed by atoms with Gasteiger partial charge in [-0.2, -0.15) is 0 Å². The number of nitrogens with zero attached hydrogens (tertiary/aromatic N) is 4. The molecule has 1 aromatic carbocycles. The quantitative estimate of drug-likeness (QED) is 0.597. The van der Waals surface area contributed by atoms with E-state index in [-0.39, 0.29) is 18.1 Å². The van der Waals surface area contributed by atoms with Crippen molar-refractivity contribution in [1.82, 2.24) is 24.0 Å². The lowest BCUT2D eigenvalue weighted by atomic mass is 10.00. The second kappa shape index (κ2) is 9.02. The van der Waals surface area contributed by atoms with E-state index in [1.165, 1.54) is 11.1 Å². The molecule has 0 saturated heterocycles. The molecule has 4 rings (SSSR count). The van der Waals surface area contributed by atoms with Gasteiger partial charge in [-0.1, -0.05) is 31.2 Å². The van der Waals surface area contributed by atoms with Crippen molar-refractivity contribution in [3.05, 3.63) is 70.3 Å². The zero-order valence-electron chi connectivity index (χ0n) is 17.3. The molecule has 0 unspecified atom stereocenters. The highest BCUT2D eigenvalue weighted by Crippen LogP contribution is 2.19. The third-order valence-corrected chi connectivity index (χ3v) is 5.68. The zero-order chi connectivity index (χ0) is 20.9. The normalized spacial score (nSPS) is 13.3. The van der Waals surface area contributed by atoms with Gasteiger partial charge in [0.1, 0.15) is 5.82 Å². The number of aromatic amines is 1. The molecule has 0 saturated carbocycles. The van der Waals surface area contributed by atoms with E-state index in [2.05, 4.69) is 27.4 Å². The molecule has 0 radical (unpaired) electrons. The summed E-state index contributed by atoms with van der Waals surface area (Å²) in [6.45, 7) is 4.98. The van der Waals surface area contributed by atoms with Crippen LogP contribution in [0.4, 0.5) is 5.82 Å². The summed E-state index contributed by atoms with van der Waals surface area (Å²) < 4.78 is 3.76. The number of H-pyrrole nitrogens is 1. The molecular formula is C22H28N6O2.